The van der Waals surface area contributed by atoms with Crippen LogP contribution in [-0.2, 0) is 6.42 Å². The van der Waals surface area contributed by atoms with Gasteiger partial charge in [0.1, 0.15) is 0 Å². The number of hydrogen-bond donors (Lipinski definition) is 2. The van der Waals surface area contributed by atoms with Crippen LogP contribution in [0.4, 0.5) is 0 Å². The van der Waals surface area contributed by atoms with Gasteiger partial charge in [-0.25, -0.2) is 4.98 Å². The number of nitrogens with one attached hydrogen (secondary N) is 2. The largest absolute Gasteiger partial charge is 0.348 e. The zero-order valence-electron chi connectivity index (χ0n) is 12.1. The van der Waals surface area contributed by atoms with Crippen molar-refractivity contribution in [2.45, 2.75) is 50.7 Å². The number of amides is 1. The Kier molecular flexibility index (Phi) is 3.19. The maximum Gasteiger partial charge on any atom is 0.251 e. The lowest BCUT2D eigenvalue weighted by Crippen LogP contribution is -2.42. The van der Waals surface area contributed by atoms with E-state index in [1.54, 1.807) is 11.3 Å². The van der Waals surface area contributed by atoms with Crippen molar-refractivity contribution < 1.29 is 4.79 Å². The Balaban J connectivity index is 1.53. The molecule has 1 aromatic carbocycles. The minimum absolute atomic E-state index is 0.0299. The van der Waals surface area contributed by atoms with E-state index in [1.807, 2.05) is 18.2 Å². The SMILES string of the molecule is CCc1nc2cc(C(=O)N[C@@H]3C[C@H]4CC[C@@H]3N4)ccc2s1. The average Bonchev–Trinajstić information content (AvgIpc) is 3.20. The van der Waals surface area contributed by atoms with E-state index in [4.69, 9.17) is 0 Å². The topological polar surface area (TPSA) is 54.0 Å². The fourth-order valence-corrected chi connectivity index (χ4v) is 4.39. The van der Waals surface area contributed by atoms with E-state index in [-0.39, 0.29) is 11.9 Å². The van der Waals surface area contributed by atoms with Crippen molar-refractivity contribution in [3.05, 3.63) is 28.8 Å². The fraction of sp³-hybridized carbons (Fsp3) is 0.500. The van der Waals surface area contributed by atoms with E-state index >= 15 is 0 Å². The third-order valence-electron chi connectivity index (χ3n) is 4.61. The van der Waals surface area contributed by atoms with Crippen molar-refractivity contribution >= 4 is 27.5 Å². The molecule has 0 aliphatic carbocycles. The third-order valence-corrected chi connectivity index (χ3v) is 5.79. The summed E-state index contributed by atoms with van der Waals surface area (Å²) >= 11 is 1.71. The zero-order valence-corrected chi connectivity index (χ0v) is 12.9. The van der Waals surface area contributed by atoms with Gasteiger partial charge in [-0.2, -0.15) is 0 Å². The smallest absolute Gasteiger partial charge is 0.251 e. The predicted molar refractivity (Wildman–Crippen MR) is 84.8 cm³/mol. The molecule has 0 radical (unpaired) electrons. The highest BCUT2D eigenvalue weighted by atomic mass is 32.1. The van der Waals surface area contributed by atoms with Gasteiger partial charge < -0.3 is 10.6 Å². The molecular formula is C16H19N3OS. The van der Waals surface area contributed by atoms with Crippen LogP contribution >= 0.6 is 11.3 Å². The van der Waals surface area contributed by atoms with E-state index in [0.29, 0.717) is 12.1 Å². The van der Waals surface area contributed by atoms with Crippen molar-refractivity contribution in [2.24, 2.45) is 0 Å². The van der Waals surface area contributed by atoms with Gasteiger partial charge in [-0.05, 0) is 43.9 Å². The summed E-state index contributed by atoms with van der Waals surface area (Å²) in [4.78, 5) is 17.0. The summed E-state index contributed by atoms with van der Waals surface area (Å²) in [6.07, 6.45) is 4.44. The summed E-state index contributed by atoms with van der Waals surface area (Å²) in [5.74, 6) is 0.0299. The number of carbonyl (C=O) groups excluding carboxylic acids is 1. The molecule has 110 valence electrons. The lowest BCUT2D eigenvalue weighted by Gasteiger charge is -2.21. The minimum Gasteiger partial charge on any atom is -0.348 e. The Morgan fingerprint density at radius 3 is 3.10 bits per heavy atom. The van der Waals surface area contributed by atoms with E-state index in [2.05, 4.69) is 22.5 Å². The van der Waals surface area contributed by atoms with E-state index in [0.717, 1.165) is 33.6 Å². The Labute approximate surface area is 128 Å². The van der Waals surface area contributed by atoms with Gasteiger partial charge in [0.05, 0.1) is 15.2 Å². The molecule has 4 rings (SSSR count). The van der Waals surface area contributed by atoms with Crippen molar-refractivity contribution in [1.29, 1.82) is 0 Å². The number of hydrogen-bond acceptors (Lipinski definition) is 4. The van der Waals surface area contributed by atoms with Gasteiger partial charge in [0.15, 0.2) is 0 Å². The van der Waals surface area contributed by atoms with Crippen LogP contribution in [0.3, 0.4) is 0 Å². The monoisotopic (exact) mass is 301 g/mol. The molecule has 0 saturated carbocycles. The summed E-state index contributed by atoms with van der Waals surface area (Å²) in [6.45, 7) is 2.10. The standard InChI is InChI=1S/C16H19N3OS/c1-2-15-18-13-7-9(3-6-14(13)21-15)16(20)19-12-8-10-4-5-11(12)17-10/h3,6-7,10-12,17H,2,4-5,8H2,1H3,(H,19,20)/t10-,11+,12-/m1/s1. The quantitative estimate of drug-likeness (QED) is 0.916. The maximum absolute atomic E-state index is 12.4. The first-order valence-corrected chi connectivity index (χ1v) is 8.51. The molecule has 2 aliphatic heterocycles. The van der Waals surface area contributed by atoms with Gasteiger partial charge in [-0.3, -0.25) is 4.79 Å². The summed E-state index contributed by atoms with van der Waals surface area (Å²) in [6, 6.07) is 7.20. The number of nitrogens with zero attached hydrogens (tertiary/aromatic N) is 1. The number of aromatic nitrogens is 1. The molecule has 21 heavy (non-hydrogen) atoms. The highest BCUT2D eigenvalue weighted by Gasteiger charge is 2.39. The minimum atomic E-state index is 0.0299. The molecule has 3 atom stereocenters. The van der Waals surface area contributed by atoms with E-state index in [9.17, 15) is 4.79 Å². The number of aryl methyl sites for hydroxylation is 1. The van der Waals surface area contributed by atoms with Crippen LogP contribution in [0.2, 0.25) is 0 Å². The summed E-state index contributed by atoms with van der Waals surface area (Å²) < 4.78 is 1.16. The molecule has 0 unspecified atom stereocenters. The predicted octanol–water partition coefficient (Wildman–Crippen LogP) is 2.48. The van der Waals surface area contributed by atoms with Gasteiger partial charge in [0.25, 0.3) is 5.91 Å². The van der Waals surface area contributed by atoms with Crippen LogP contribution in [0.5, 0.6) is 0 Å². The van der Waals surface area contributed by atoms with Crippen LogP contribution in [0.1, 0.15) is 41.6 Å². The van der Waals surface area contributed by atoms with E-state index in [1.165, 1.54) is 12.8 Å². The first-order chi connectivity index (χ1) is 10.2. The molecule has 2 fully saturated rings. The molecule has 2 bridgehead atoms. The first kappa shape index (κ1) is 13.2. The van der Waals surface area contributed by atoms with Crippen molar-refractivity contribution in [3.8, 4) is 0 Å². The van der Waals surface area contributed by atoms with Crippen LogP contribution in [0.25, 0.3) is 10.2 Å². The maximum atomic E-state index is 12.4. The van der Waals surface area contributed by atoms with Gasteiger partial charge in [-0.15, -0.1) is 11.3 Å². The Morgan fingerprint density at radius 2 is 2.38 bits per heavy atom. The molecule has 0 spiro atoms. The van der Waals surface area contributed by atoms with Crippen molar-refractivity contribution in [1.82, 2.24) is 15.6 Å². The van der Waals surface area contributed by atoms with Gasteiger partial charge in [0.2, 0.25) is 0 Å². The number of benzene rings is 1. The molecule has 2 aliphatic rings. The molecular weight excluding hydrogens is 282 g/mol. The molecule has 2 N–H and O–H groups in total. The Hall–Kier alpha value is -1.46. The van der Waals surface area contributed by atoms with Crippen LogP contribution in [0.15, 0.2) is 18.2 Å². The number of carbonyl (C=O) groups is 1. The van der Waals surface area contributed by atoms with Crippen LogP contribution in [0, 0.1) is 0 Å². The van der Waals surface area contributed by atoms with Crippen molar-refractivity contribution in [2.75, 3.05) is 0 Å². The number of rotatable bonds is 3. The molecule has 2 aromatic rings. The van der Waals surface area contributed by atoms with Crippen LogP contribution < -0.4 is 10.6 Å². The van der Waals surface area contributed by atoms with Crippen LogP contribution in [-0.4, -0.2) is 29.0 Å². The highest BCUT2D eigenvalue weighted by molar-refractivity contribution is 7.18. The lowest BCUT2D eigenvalue weighted by molar-refractivity contribution is 0.0931. The second-order valence-corrected chi connectivity index (χ2v) is 7.12. The Morgan fingerprint density at radius 1 is 1.48 bits per heavy atom. The summed E-state index contributed by atoms with van der Waals surface area (Å²) in [5.41, 5.74) is 1.66. The average molecular weight is 301 g/mol. The van der Waals surface area contributed by atoms with Gasteiger partial charge >= 0.3 is 0 Å². The number of fused-ring (bicyclic) bond motifs is 3. The van der Waals surface area contributed by atoms with Gasteiger partial charge in [0, 0.05) is 23.7 Å². The highest BCUT2D eigenvalue weighted by Crippen LogP contribution is 2.29. The zero-order chi connectivity index (χ0) is 14.4. The number of thiazole rings is 1. The van der Waals surface area contributed by atoms with E-state index < -0.39 is 0 Å². The Bertz CT molecular complexity index is 696. The molecule has 4 nitrogen and oxygen atoms in total. The second kappa shape index (κ2) is 5.07. The molecule has 5 heteroatoms. The second-order valence-electron chi connectivity index (χ2n) is 6.01. The summed E-state index contributed by atoms with van der Waals surface area (Å²) in [5, 5.41) is 7.86. The molecule has 1 amide bonds. The lowest BCUT2D eigenvalue weighted by atomic mass is 9.95. The first-order valence-electron chi connectivity index (χ1n) is 7.69. The fourth-order valence-electron chi connectivity index (χ4n) is 3.50. The summed E-state index contributed by atoms with van der Waals surface area (Å²) in [7, 11) is 0. The van der Waals surface area contributed by atoms with Gasteiger partial charge in [-0.1, -0.05) is 6.92 Å². The molecule has 1 aromatic heterocycles. The molecule has 2 saturated heterocycles. The van der Waals surface area contributed by atoms with Crippen molar-refractivity contribution in [3.63, 3.8) is 0 Å². The third kappa shape index (κ3) is 2.34. The normalized spacial score (nSPS) is 27.4. The molecule has 3 heterocycles.